The molecule has 0 radical (unpaired) electrons. The fraction of sp³-hybridized carbons (Fsp3) is 1.00. The van der Waals surface area contributed by atoms with Gasteiger partial charge in [-0.2, -0.15) is 0 Å². The van der Waals surface area contributed by atoms with Crippen LogP contribution in [0, 0.1) is 16.7 Å². The number of fused-ring (bicyclic) bond motifs is 2. The number of ether oxygens (including phenoxy) is 1. The number of likely N-dealkylation sites (N-methyl/N-ethyl adjacent to an activating group) is 1. The van der Waals surface area contributed by atoms with Gasteiger partial charge in [0.25, 0.3) is 0 Å². The van der Waals surface area contributed by atoms with Crippen molar-refractivity contribution in [2.75, 3.05) is 20.3 Å². The molecule has 2 aliphatic rings. The van der Waals surface area contributed by atoms with Gasteiger partial charge in [-0.15, -0.1) is 0 Å². The van der Waals surface area contributed by atoms with Gasteiger partial charge in [0.1, 0.15) is 0 Å². The van der Waals surface area contributed by atoms with Crippen molar-refractivity contribution in [3.63, 3.8) is 0 Å². The van der Waals surface area contributed by atoms with E-state index in [4.69, 9.17) is 4.74 Å². The quantitative estimate of drug-likeness (QED) is 0.779. The van der Waals surface area contributed by atoms with Gasteiger partial charge >= 0.3 is 0 Å². The summed E-state index contributed by atoms with van der Waals surface area (Å²) in [5, 5.41) is 12.6. The molecule has 0 saturated heterocycles. The highest BCUT2D eigenvalue weighted by Crippen LogP contribution is 2.66. The summed E-state index contributed by atoms with van der Waals surface area (Å²) in [6, 6.07) is 0. The minimum Gasteiger partial charge on any atom is -0.394 e. The Hall–Kier alpha value is -0.120. The molecule has 19 heavy (non-hydrogen) atoms. The second-order valence-corrected chi connectivity index (χ2v) is 7.69. The molecule has 0 heterocycles. The minimum absolute atomic E-state index is 0.156. The normalized spacial score (nSPS) is 39.5. The van der Waals surface area contributed by atoms with Gasteiger partial charge in [-0.25, -0.2) is 0 Å². The highest BCUT2D eigenvalue weighted by atomic mass is 16.5. The summed E-state index contributed by atoms with van der Waals surface area (Å²) in [4.78, 5) is 0. The van der Waals surface area contributed by atoms with Gasteiger partial charge < -0.3 is 15.2 Å². The molecule has 0 aromatic rings. The average Bonchev–Trinajstić information content (AvgIpc) is 2.71. The number of aliphatic hydroxyl groups is 1. The van der Waals surface area contributed by atoms with Gasteiger partial charge in [0, 0.05) is 12.1 Å². The zero-order valence-electron chi connectivity index (χ0n) is 13.3. The first-order valence-electron chi connectivity index (χ1n) is 7.70. The molecule has 0 aromatic carbocycles. The van der Waals surface area contributed by atoms with Gasteiger partial charge in [-0.1, -0.05) is 20.8 Å². The SMILES string of the molecule is CNC(C)(CO)CCOC1CC2CCC1(C)C2(C)C. The van der Waals surface area contributed by atoms with Gasteiger partial charge in [0.15, 0.2) is 0 Å². The molecule has 2 bridgehead atoms. The van der Waals surface area contributed by atoms with Crippen molar-refractivity contribution in [1.82, 2.24) is 5.32 Å². The average molecular weight is 269 g/mol. The number of nitrogens with one attached hydrogen (secondary N) is 1. The third-order valence-corrected chi connectivity index (χ3v) is 6.64. The molecular formula is C16H31NO2. The fourth-order valence-corrected chi connectivity index (χ4v) is 4.09. The molecule has 3 nitrogen and oxygen atoms in total. The van der Waals surface area contributed by atoms with Crippen molar-refractivity contribution in [3.05, 3.63) is 0 Å². The first-order valence-corrected chi connectivity index (χ1v) is 7.70. The lowest BCUT2D eigenvalue weighted by Gasteiger charge is -2.39. The first-order chi connectivity index (χ1) is 8.79. The number of aliphatic hydroxyl groups excluding tert-OH is 1. The second-order valence-electron chi connectivity index (χ2n) is 7.69. The number of hydrogen-bond donors (Lipinski definition) is 2. The monoisotopic (exact) mass is 269 g/mol. The lowest BCUT2D eigenvalue weighted by atomic mass is 9.70. The Morgan fingerprint density at radius 1 is 1.37 bits per heavy atom. The van der Waals surface area contributed by atoms with Crippen LogP contribution in [0.25, 0.3) is 0 Å². The van der Waals surface area contributed by atoms with Gasteiger partial charge in [0.2, 0.25) is 0 Å². The van der Waals surface area contributed by atoms with E-state index in [0.29, 0.717) is 16.9 Å². The Labute approximate surface area is 118 Å². The van der Waals surface area contributed by atoms with Crippen LogP contribution >= 0.6 is 0 Å². The van der Waals surface area contributed by atoms with E-state index in [2.05, 4.69) is 26.1 Å². The summed E-state index contributed by atoms with van der Waals surface area (Å²) in [6.45, 7) is 10.2. The van der Waals surface area contributed by atoms with E-state index in [-0.39, 0.29) is 12.1 Å². The van der Waals surface area contributed by atoms with E-state index < -0.39 is 0 Å². The van der Waals surface area contributed by atoms with Gasteiger partial charge in [0.05, 0.1) is 12.7 Å². The highest BCUT2D eigenvalue weighted by molar-refractivity contribution is 5.11. The maximum atomic E-state index is 9.40. The smallest absolute Gasteiger partial charge is 0.0636 e. The summed E-state index contributed by atoms with van der Waals surface area (Å²) < 4.78 is 6.22. The second kappa shape index (κ2) is 5.01. The first kappa shape index (κ1) is 15.3. The molecule has 0 aromatic heterocycles. The van der Waals surface area contributed by atoms with Crippen LogP contribution in [0.5, 0.6) is 0 Å². The van der Waals surface area contributed by atoms with Crippen LogP contribution < -0.4 is 5.32 Å². The topological polar surface area (TPSA) is 41.5 Å². The van der Waals surface area contributed by atoms with Crippen molar-refractivity contribution in [2.24, 2.45) is 16.7 Å². The van der Waals surface area contributed by atoms with E-state index in [1.807, 2.05) is 14.0 Å². The third kappa shape index (κ3) is 2.34. The van der Waals surface area contributed by atoms with E-state index in [0.717, 1.165) is 18.9 Å². The van der Waals surface area contributed by atoms with Gasteiger partial charge in [-0.3, -0.25) is 0 Å². The fourth-order valence-electron chi connectivity index (χ4n) is 4.09. The molecule has 0 aliphatic heterocycles. The van der Waals surface area contributed by atoms with E-state index in [1.165, 1.54) is 19.3 Å². The van der Waals surface area contributed by atoms with Crippen LogP contribution in [-0.2, 0) is 4.74 Å². The minimum atomic E-state index is -0.214. The maximum Gasteiger partial charge on any atom is 0.0636 e. The maximum absolute atomic E-state index is 9.40. The van der Waals surface area contributed by atoms with Crippen molar-refractivity contribution < 1.29 is 9.84 Å². The van der Waals surface area contributed by atoms with Crippen molar-refractivity contribution in [3.8, 4) is 0 Å². The Bertz CT molecular complexity index is 325. The molecule has 0 spiro atoms. The molecule has 2 rings (SSSR count). The van der Waals surface area contributed by atoms with E-state index >= 15 is 0 Å². The molecule has 2 fully saturated rings. The Morgan fingerprint density at radius 3 is 2.47 bits per heavy atom. The molecule has 2 N–H and O–H groups in total. The standard InChI is InChI=1S/C16H31NO2/c1-14(2)12-6-7-16(14,4)13(10-12)19-9-8-15(3,11-18)17-5/h12-13,17-18H,6-11H2,1-5H3. The summed E-state index contributed by atoms with van der Waals surface area (Å²) in [7, 11) is 1.90. The zero-order valence-corrected chi connectivity index (χ0v) is 13.3. The summed E-state index contributed by atoms with van der Waals surface area (Å²) in [6.07, 6.45) is 5.16. The molecule has 2 aliphatic carbocycles. The van der Waals surface area contributed by atoms with Crippen LogP contribution in [-0.4, -0.2) is 37.0 Å². The van der Waals surface area contributed by atoms with Crippen LogP contribution in [0.1, 0.15) is 53.4 Å². The molecule has 112 valence electrons. The van der Waals surface area contributed by atoms with Crippen molar-refractivity contribution in [1.29, 1.82) is 0 Å². The van der Waals surface area contributed by atoms with Crippen molar-refractivity contribution >= 4 is 0 Å². The summed E-state index contributed by atoms with van der Waals surface area (Å²) in [5.74, 6) is 0.830. The molecule has 0 amide bonds. The van der Waals surface area contributed by atoms with Crippen LogP contribution in [0.15, 0.2) is 0 Å². The van der Waals surface area contributed by atoms with Crippen LogP contribution in [0.2, 0.25) is 0 Å². The molecular weight excluding hydrogens is 238 g/mol. The molecule has 4 unspecified atom stereocenters. The largest absolute Gasteiger partial charge is 0.394 e. The summed E-state index contributed by atoms with van der Waals surface area (Å²) >= 11 is 0. The molecule has 3 heteroatoms. The Kier molecular flexibility index (Phi) is 4.03. The van der Waals surface area contributed by atoms with Crippen molar-refractivity contribution in [2.45, 2.75) is 65.0 Å². The number of rotatable bonds is 6. The van der Waals surface area contributed by atoms with Crippen LogP contribution in [0.4, 0.5) is 0 Å². The molecule has 4 atom stereocenters. The van der Waals surface area contributed by atoms with E-state index in [9.17, 15) is 5.11 Å². The van der Waals surface area contributed by atoms with Crippen LogP contribution in [0.3, 0.4) is 0 Å². The zero-order chi connectivity index (χ0) is 14.3. The predicted molar refractivity (Wildman–Crippen MR) is 78.1 cm³/mol. The Morgan fingerprint density at radius 2 is 2.05 bits per heavy atom. The summed E-state index contributed by atoms with van der Waals surface area (Å²) in [5.41, 5.74) is 0.544. The van der Waals surface area contributed by atoms with E-state index in [1.54, 1.807) is 0 Å². The highest BCUT2D eigenvalue weighted by Gasteiger charge is 2.61. The predicted octanol–water partition coefficient (Wildman–Crippen LogP) is 2.58. The lowest BCUT2D eigenvalue weighted by molar-refractivity contribution is -0.0537. The molecule has 2 saturated carbocycles. The lowest BCUT2D eigenvalue weighted by Crippen LogP contribution is -2.45. The third-order valence-electron chi connectivity index (χ3n) is 6.64. The Balaban J connectivity index is 1.89. The number of hydrogen-bond acceptors (Lipinski definition) is 3. The van der Waals surface area contributed by atoms with Gasteiger partial charge in [-0.05, 0) is 56.4 Å².